The van der Waals surface area contributed by atoms with E-state index in [-0.39, 0.29) is 5.82 Å². The van der Waals surface area contributed by atoms with Crippen molar-refractivity contribution in [2.75, 3.05) is 0 Å². The van der Waals surface area contributed by atoms with Crippen molar-refractivity contribution >= 4 is 11.3 Å². The zero-order chi connectivity index (χ0) is 15.0. The summed E-state index contributed by atoms with van der Waals surface area (Å²) in [6.07, 6.45) is 2.93. The first-order valence-corrected chi connectivity index (χ1v) is 8.30. The molecule has 0 saturated heterocycles. The van der Waals surface area contributed by atoms with Gasteiger partial charge in [0.1, 0.15) is 5.82 Å². The zero-order valence-electron chi connectivity index (χ0n) is 12.8. The van der Waals surface area contributed by atoms with Crippen molar-refractivity contribution in [2.45, 2.75) is 52.2 Å². The first kappa shape index (κ1) is 14.7. The van der Waals surface area contributed by atoms with Gasteiger partial charge in [-0.25, -0.2) is 9.37 Å². The molecule has 2 nitrogen and oxygen atoms in total. The second-order valence-electron chi connectivity index (χ2n) is 6.19. The van der Waals surface area contributed by atoms with E-state index in [4.69, 9.17) is 0 Å². The van der Waals surface area contributed by atoms with Gasteiger partial charge in [0, 0.05) is 36.1 Å². The lowest BCUT2D eigenvalue weighted by atomic mass is 9.94. The summed E-state index contributed by atoms with van der Waals surface area (Å²) in [5, 5.41) is 1.21. The van der Waals surface area contributed by atoms with Crippen LogP contribution < -0.4 is 0 Å². The molecule has 1 aromatic heterocycles. The van der Waals surface area contributed by atoms with Gasteiger partial charge in [-0.15, -0.1) is 11.3 Å². The van der Waals surface area contributed by atoms with Crippen LogP contribution in [0.15, 0.2) is 24.4 Å². The van der Waals surface area contributed by atoms with Crippen molar-refractivity contribution in [3.63, 3.8) is 0 Å². The van der Waals surface area contributed by atoms with Gasteiger partial charge < -0.3 is 0 Å². The largest absolute Gasteiger partial charge is 0.291 e. The lowest BCUT2D eigenvalue weighted by molar-refractivity contribution is 0.176. The maximum absolute atomic E-state index is 13.3. The van der Waals surface area contributed by atoms with Gasteiger partial charge in [0.25, 0.3) is 0 Å². The fourth-order valence-electron chi connectivity index (χ4n) is 2.84. The van der Waals surface area contributed by atoms with Crippen molar-refractivity contribution in [1.82, 2.24) is 9.88 Å². The van der Waals surface area contributed by atoms with Gasteiger partial charge in [-0.05, 0) is 36.6 Å². The van der Waals surface area contributed by atoms with E-state index in [0.717, 1.165) is 25.1 Å². The molecule has 1 aromatic carbocycles. The van der Waals surface area contributed by atoms with E-state index < -0.39 is 0 Å². The molecule has 0 amide bonds. The zero-order valence-corrected chi connectivity index (χ0v) is 13.6. The van der Waals surface area contributed by atoms with Crippen LogP contribution in [0.2, 0.25) is 0 Å². The van der Waals surface area contributed by atoms with E-state index in [1.54, 1.807) is 12.1 Å². The Morgan fingerprint density at radius 2 is 2.19 bits per heavy atom. The fourth-order valence-corrected chi connectivity index (χ4v) is 3.78. The Hall–Kier alpha value is -1.26. The second-order valence-corrected chi connectivity index (χ2v) is 7.34. The van der Waals surface area contributed by atoms with Crippen LogP contribution in [0.1, 0.15) is 47.7 Å². The number of benzene rings is 1. The van der Waals surface area contributed by atoms with Gasteiger partial charge in [-0.2, -0.15) is 0 Å². The molecule has 0 fully saturated rings. The first-order valence-electron chi connectivity index (χ1n) is 7.49. The summed E-state index contributed by atoms with van der Waals surface area (Å²) in [7, 11) is 0. The quantitative estimate of drug-likeness (QED) is 0.838. The van der Waals surface area contributed by atoms with Crippen LogP contribution in [0, 0.1) is 5.82 Å². The highest BCUT2D eigenvalue weighted by molar-refractivity contribution is 7.11. The number of nitrogens with zero attached hydrogens (tertiary/aromatic N) is 2. The summed E-state index contributed by atoms with van der Waals surface area (Å²) >= 11 is 1.81. The summed E-state index contributed by atoms with van der Waals surface area (Å²) in [6, 6.07) is 5.61. The first-order chi connectivity index (χ1) is 10.0. The molecule has 1 unspecified atom stereocenters. The molecule has 21 heavy (non-hydrogen) atoms. The van der Waals surface area contributed by atoms with E-state index in [1.165, 1.54) is 15.4 Å². The van der Waals surface area contributed by atoms with Crippen LogP contribution in [0.25, 0.3) is 0 Å². The molecule has 1 aliphatic heterocycles. The molecular formula is C17H21FN2S. The van der Waals surface area contributed by atoms with Gasteiger partial charge in [0.2, 0.25) is 0 Å². The Kier molecular flexibility index (Phi) is 4.09. The normalized spacial score (nSPS) is 19.0. The van der Waals surface area contributed by atoms with Crippen LogP contribution in [0.4, 0.5) is 4.39 Å². The summed E-state index contributed by atoms with van der Waals surface area (Å²) < 4.78 is 13.3. The average molecular weight is 304 g/mol. The molecule has 0 bridgehead atoms. The third-order valence-electron chi connectivity index (χ3n) is 4.10. The molecule has 4 heteroatoms. The Morgan fingerprint density at radius 3 is 2.90 bits per heavy atom. The molecular weight excluding hydrogens is 283 g/mol. The summed E-state index contributed by atoms with van der Waals surface area (Å²) in [6.45, 7) is 8.40. The highest BCUT2D eigenvalue weighted by atomic mass is 32.1. The molecule has 2 aromatic rings. The van der Waals surface area contributed by atoms with E-state index in [2.05, 4.69) is 30.7 Å². The van der Waals surface area contributed by atoms with Crippen LogP contribution in [-0.2, 0) is 19.5 Å². The molecule has 1 atom stereocenters. The molecule has 0 N–H and O–H groups in total. The van der Waals surface area contributed by atoms with E-state index in [0.29, 0.717) is 12.0 Å². The standard InChI is InChI=1S/C17H21FN2S/c1-11(2)17-19-8-16(21-17)10-20-9-13-4-5-15(18)7-14(13)6-12(20)3/h4-5,7-8,11-12H,6,9-10H2,1-3H3. The Labute approximate surface area is 129 Å². The average Bonchev–Trinajstić information content (AvgIpc) is 2.89. The number of hydrogen-bond donors (Lipinski definition) is 0. The highest BCUT2D eigenvalue weighted by Crippen LogP contribution is 2.28. The number of aromatic nitrogens is 1. The van der Waals surface area contributed by atoms with Crippen LogP contribution >= 0.6 is 11.3 Å². The minimum absolute atomic E-state index is 0.126. The van der Waals surface area contributed by atoms with E-state index in [9.17, 15) is 4.39 Å². The van der Waals surface area contributed by atoms with Gasteiger partial charge in [0.05, 0.1) is 5.01 Å². The second kappa shape index (κ2) is 5.85. The Bertz CT molecular complexity index is 635. The molecule has 1 aliphatic rings. The van der Waals surface area contributed by atoms with Gasteiger partial charge in [-0.3, -0.25) is 4.90 Å². The molecule has 0 aliphatic carbocycles. The van der Waals surface area contributed by atoms with Crippen molar-refractivity contribution in [1.29, 1.82) is 0 Å². The van der Waals surface area contributed by atoms with E-state index >= 15 is 0 Å². The maximum atomic E-state index is 13.3. The topological polar surface area (TPSA) is 16.1 Å². The Balaban J connectivity index is 1.75. The lowest BCUT2D eigenvalue weighted by Gasteiger charge is -2.34. The summed E-state index contributed by atoms with van der Waals surface area (Å²) in [5.74, 6) is 0.365. The Morgan fingerprint density at radius 1 is 1.38 bits per heavy atom. The van der Waals surface area contributed by atoms with Crippen LogP contribution in [0.3, 0.4) is 0 Å². The minimum atomic E-state index is -0.126. The molecule has 112 valence electrons. The predicted octanol–water partition coefficient (Wildman–Crippen LogP) is 4.35. The number of fused-ring (bicyclic) bond motifs is 1. The number of hydrogen-bond acceptors (Lipinski definition) is 3. The molecule has 0 saturated carbocycles. The van der Waals surface area contributed by atoms with Crippen LogP contribution in [0.5, 0.6) is 0 Å². The molecule has 2 heterocycles. The minimum Gasteiger partial charge on any atom is -0.291 e. The summed E-state index contributed by atoms with van der Waals surface area (Å²) in [5.41, 5.74) is 2.41. The van der Waals surface area contributed by atoms with Crippen molar-refractivity contribution in [3.8, 4) is 0 Å². The number of halogens is 1. The van der Waals surface area contributed by atoms with Crippen molar-refractivity contribution in [3.05, 3.63) is 51.2 Å². The lowest BCUT2D eigenvalue weighted by Crippen LogP contribution is -2.37. The SMILES string of the molecule is CC(C)c1ncc(CN2Cc3ccc(F)cc3CC2C)s1. The number of rotatable bonds is 3. The van der Waals surface area contributed by atoms with Crippen molar-refractivity contribution < 1.29 is 4.39 Å². The van der Waals surface area contributed by atoms with Crippen molar-refractivity contribution in [2.24, 2.45) is 0 Å². The monoisotopic (exact) mass is 304 g/mol. The maximum Gasteiger partial charge on any atom is 0.123 e. The van der Waals surface area contributed by atoms with Gasteiger partial charge >= 0.3 is 0 Å². The third-order valence-corrected chi connectivity index (χ3v) is 5.39. The number of thiazole rings is 1. The fraction of sp³-hybridized carbons (Fsp3) is 0.471. The smallest absolute Gasteiger partial charge is 0.123 e. The molecule has 3 rings (SSSR count). The molecule has 0 radical (unpaired) electrons. The predicted molar refractivity (Wildman–Crippen MR) is 85.0 cm³/mol. The van der Waals surface area contributed by atoms with Gasteiger partial charge in [-0.1, -0.05) is 19.9 Å². The summed E-state index contributed by atoms with van der Waals surface area (Å²) in [4.78, 5) is 8.28. The van der Waals surface area contributed by atoms with Crippen LogP contribution in [-0.4, -0.2) is 15.9 Å². The van der Waals surface area contributed by atoms with E-state index in [1.807, 2.05) is 23.6 Å². The molecule has 0 spiro atoms. The highest BCUT2D eigenvalue weighted by Gasteiger charge is 2.23. The third kappa shape index (κ3) is 3.16. The van der Waals surface area contributed by atoms with Gasteiger partial charge in [0.15, 0.2) is 0 Å².